The van der Waals surface area contributed by atoms with Crippen molar-refractivity contribution < 1.29 is 4.39 Å². The Morgan fingerprint density at radius 1 is 0.870 bits per heavy atom. The standard InChI is InChI=1S/C18H15FN2O2/c1-13-2-4-14(5-3-13)12-20-10-11-21(18(23)17(20)22)16-8-6-15(19)7-9-16/h2-11H,12H2,1H3. The maximum Gasteiger partial charge on any atom is 0.320 e. The third-order valence-corrected chi connectivity index (χ3v) is 3.64. The second-order valence-electron chi connectivity index (χ2n) is 5.37. The molecule has 0 amide bonds. The Hall–Kier alpha value is -2.95. The molecule has 0 radical (unpaired) electrons. The Morgan fingerprint density at radius 3 is 2.17 bits per heavy atom. The first kappa shape index (κ1) is 15.0. The van der Waals surface area contributed by atoms with Crippen LogP contribution in [-0.2, 0) is 6.54 Å². The number of aromatic nitrogens is 2. The molecule has 4 nitrogen and oxygen atoms in total. The molecule has 2 aromatic carbocycles. The van der Waals surface area contributed by atoms with Crippen molar-refractivity contribution in [2.45, 2.75) is 13.5 Å². The van der Waals surface area contributed by atoms with Crippen molar-refractivity contribution in [1.29, 1.82) is 0 Å². The van der Waals surface area contributed by atoms with E-state index in [9.17, 15) is 14.0 Å². The molecule has 0 saturated heterocycles. The van der Waals surface area contributed by atoms with Crippen LogP contribution in [0.4, 0.5) is 4.39 Å². The smallest absolute Gasteiger partial charge is 0.305 e. The lowest BCUT2D eigenvalue weighted by Gasteiger charge is -2.09. The molecule has 0 aliphatic rings. The summed E-state index contributed by atoms with van der Waals surface area (Å²) in [6.45, 7) is 2.32. The highest BCUT2D eigenvalue weighted by Crippen LogP contribution is 2.07. The molecule has 0 spiro atoms. The fourth-order valence-corrected chi connectivity index (χ4v) is 2.33. The van der Waals surface area contributed by atoms with E-state index in [-0.39, 0.29) is 0 Å². The van der Waals surface area contributed by atoms with Gasteiger partial charge in [-0.05, 0) is 36.8 Å². The van der Waals surface area contributed by atoms with Gasteiger partial charge in [-0.3, -0.25) is 14.2 Å². The zero-order chi connectivity index (χ0) is 16.4. The summed E-state index contributed by atoms with van der Waals surface area (Å²) in [5, 5.41) is 0. The van der Waals surface area contributed by atoms with Gasteiger partial charge in [0, 0.05) is 18.1 Å². The minimum absolute atomic E-state index is 0.332. The van der Waals surface area contributed by atoms with Crippen molar-refractivity contribution in [2.75, 3.05) is 0 Å². The third kappa shape index (κ3) is 3.13. The number of hydrogen-bond acceptors (Lipinski definition) is 2. The lowest BCUT2D eigenvalue weighted by Crippen LogP contribution is -2.40. The van der Waals surface area contributed by atoms with Crippen LogP contribution in [0.1, 0.15) is 11.1 Å². The zero-order valence-corrected chi connectivity index (χ0v) is 12.6. The molecule has 116 valence electrons. The van der Waals surface area contributed by atoms with Crippen molar-refractivity contribution in [3.63, 3.8) is 0 Å². The molecule has 0 saturated carbocycles. The van der Waals surface area contributed by atoms with Crippen LogP contribution in [0.3, 0.4) is 0 Å². The number of halogens is 1. The SMILES string of the molecule is Cc1ccc(Cn2ccn(-c3ccc(F)cc3)c(=O)c2=O)cc1. The van der Waals surface area contributed by atoms with Crippen LogP contribution < -0.4 is 11.1 Å². The number of nitrogens with zero attached hydrogens (tertiary/aromatic N) is 2. The zero-order valence-electron chi connectivity index (χ0n) is 12.6. The highest BCUT2D eigenvalue weighted by atomic mass is 19.1. The fourth-order valence-electron chi connectivity index (χ4n) is 2.33. The third-order valence-electron chi connectivity index (χ3n) is 3.64. The summed E-state index contributed by atoms with van der Waals surface area (Å²) in [6.07, 6.45) is 3.08. The van der Waals surface area contributed by atoms with E-state index in [1.807, 2.05) is 31.2 Å². The summed E-state index contributed by atoms with van der Waals surface area (Å²) in [6, 6.07) is 13.2. The summed E-state index contributed by atoms with van der Waals surface area (Å²) < 4.78 is 15.5. The summed E-state index contributed by atoms with van der Waals surface area (Å²) in [5.74, 6) is -0.394. The largest absolute Gasteiger partial charge is 0.320 e. The van der Waals surface area contributed by atoms with Gasteiger partial charge in [0.2, 0.25) is 0 Å². The molecule has 3 aromatic rings. The minimum Gasteiger partial charge on any atom is -0.305 e. The van der Waals surface area contributed by atoms with E-state index in [0.717, 1.165) is 11.1 Å². The highest BCUT2D eigenvalue weighted by Gasteiger charge is 2.07. The Labute approximate surface area is 132 Å². The normalized spacial score (nSPS) is 10.7. The number of rotatable bonds is 3. The lowest BCUT2D eigenvalue weighted by molar-refractivity contribution is 0.627. The molecule has 0 aliphatic heterocycles. The van der Waals surface area contributed by atoms with Crippen LogP contribution in [0.25, 0.3) is 5.69 Å². The first-order valence-electron chi connectivity index (χ1n) is 7.18. The Bertz CT molecular complexity index is 938. The molecule has 3 rings (SSSR count). The van der Waals surface area contributed by atoms with Gasteiger partial charge in [0.1, 0.15) is 5.82 Å². The van der Waals surface area contributed by atoms with E-state index in [2.05, 4.69) is 0 Å². The monoisotopic (exact) mass is 310 g/mol. The molecular weight excluding hydrogens is 295 g/mol. The van der Waals surface area contributed by atoms with Crippen LogP contribution in [0, 0.1) is 12.7 Å². The van der Waals surface area contributed by atoms with Gasteiger partial charge < -0.3 is 4.57 Å². The van der Waals surface area contributed by atoms with Crippen molar-refractivity contribution in [3.8, 4) is 5.69 Å². The average Bonchev–Trinajstić information content (AvgIpc) is 2.55. The molecular formula is C18H15FN2O2. The molecule has 1 heterocycles. The second kappa shape index (κ2) is 6.04. The first-order valence-corrected chi connectivity index (χ1v) is 7.18. The average molecular weight is 310 g/mol. The van der Waals surface area contributed by atoms with E-state index in [1.54, 1.807) is 6.20 Å². The van der Waals surface area contributed by atoms with E-state index in [4.69, 9.17) is 0 Å². The van der Waals surface area contributed by atoms with E-state index >= 15 is 0 Å². The van der Waals surface area contributed by atoms with Crippen LogP contribution in [0.5, 0.6) is 0 Å². The number of aryl methyl sites for hydroxylation is 1. The van der Waals surface area contributed by atoms with Gasteiger partial charge in [-0.25, -0.2) is 4.39 Å². The number of benzene rings is 2. The van der Waals surface area contributed by atoms with Crippen LogP contribution >= 0.6 is 0 Å². The Morgan fingerprint density at radius 2 is 1.52 bits per heavy atom. The Balaban J connectivity index is 1.97. The maximum atomic E-state index is 13.0. The van der Waals surface area contributed by atoms with Crippen molar-refractivity contribution in [1.82, 2.24) is 9.13 Å². The van der Waals surface area contributed by atoms with Crippen molar-refractivity contribution in [3.05, 3.63) is 98.6 Å². The Kier molecular flexibility index (Phi) is 3.93. The van der Waals surface area contributed by atoms with Crippen LogP contribution in [-0.4, -0.2) is 9.13 Å². The molecule has 0 N–H and O–H groups in total. The molecule has 1 aromatic heterocycles. The fraction of sp³-hybridized carbons (Fsp3) is 0.111. The molecule has 0 unspecified atom stereocenters. The topological polar surface area (TPSA) is 44.0 Å². The summed E-state index contributed by atoms with van der Waals surface area (Å²) >= 11 is 0. The van der Waals surface area contributed by atoms with Gasteiger partial charge in [0.15, 0.2) is 0 Å². The van der Waals surface area contributed by atoms with Crippen LogP contribution in [0.15, 0.2) is 70.5 Å². The molecule has 23 heavy (non-hydrogen) atoms. The van der Waals surface area contributed by atoms with E-state index < -0.39 is 16.9 Å². The van der Waals surface area contributed by atoms with Gasteiger partial charge in [-0.15, -0.1) is 0 Å². The molecule has 0 atom stereocenters. The number of hydrogen-bond donors (Lipinski definition) is 0. The highest BCUT2D eigenvalue weighted by molar-refractivity contribution is 5.31. The molecule has 0 aliphatic carbocycles. The van der Waals surface area contributed by atoms with Crippen molar-refractivity contribution in [2.24, 2.45) is 0 Å². The van der Waals surface area contributed by atoms with E-state index in [0.29, 0.717) is 12.2 Å². The van der Waals surface area contributed by atoms with Gasteiger partial charge in [-0.2, -0.15) is 0 Å². The second-order valence-corrected chi connectivity index (χ2v) is 5.37. The van der Waals surface area contributed by atoms with E-state index in [1.165, 1.54) is 39.6 Å². The maximum absolute atomic E-state index is 13.0. The summed E-state index contributed by atoms with van der Waals surface area (Å²) in [7, 11) is 0. The predicted molar refractivity (Wildman–Crippen MR) is 86.5 cm³/mol. The quantitative estimate of drug-likeness (QED) is 0.698. The summed E-state index contributed by atoms with van der Waals surface area (Å²) in [5.41, 5.74) is 1.25. The molecule has 0 bridgehead atoms. The molecule has 0 fully saturated rings. The minimum atomic E-state index is -0.661. The van der Waals surface area contributed by atoms with Crippen molar-refractivity contribution >= 4 is 0 Å². The van der Waals surface area contributed by atoms with Crippen LogP contribution in [0.2, 0.25) is 0 Å². The summed E-state index contributed by atoms with van der Waals surface area (Å²) in [4.78, 5) is 24.5. The van der Waals surface area contributed by atoms with Gasteiger partial charge in [-0.1, -0.05) is 29.8 Å². The first-order chi connectivity index (χ1) is 11.0. The lowest BCUT2D eigenvalue weighted by atomic mass is 10.1. The van der Waals surface area contributed by atoms with Gasteiger partial charge in [0.25, 0.3) is 0 Å². The van der Waals surface area contributed by atoms with Gasteiger partial charge in [0.05, 0.1) is 6.54 Å². The predicted octanol–water partition coefficient (Wildman–Crippen LogP) is 2.50. The van der Waals surface area contributed by atoms with Gasteiger partial charge >= 0.3 is 11.1 Å². The molecule has 5 heteroatoms.